The average Bonchev–Trinajstić information content (AvgIpc) is 2.52. The third-order valence-electron chi connectivity index (χ3n) is 1.18. The molecule has 1 N–H and O–H groups in total. The summed E-state index contributed by atoms with van der Waals surface area (Å²) in [6, 6.07) is 0. The van der Waals surface area contributed by atoms with Crippen LogP contribution in [-0.2, 0) is 6.18 Å². The largest absolute Gasteiger partial charge is 0.452 e. The Balaban J connectivity index is 2.63. The maximum atomic E-state index is 12.0. The first-order valence-corrected chi connectivity index (χ1v) is 4.35. The number of rotatable bonds is 2. The van der Waals surface area contributed by atoms with Gasteiger partial charge in [0, 0.05) is 11.5 Å². The molecule has 1 aromatic heterocycles. The summed E-state index contributed by atoms with van der Waals surface area (Å²) in [6.45, 7) is 1.91. The Bertz CT molecular complexity index is 360. The first kappa shape index (κ1) is 10.8. The lowest BCUT2D eigenvalue weighted by molar-refractivity contribution is -0.144. The van der Waals surface area contributed by atoms with Gasteiger partial charge in [0.25, 0.3) is 0 Å². The lowest BCUT2D eigenvalue weighted by atomic mass is 10.6. The van der Waals surface area contributed by atoms with Crippen LogP contribution in [-0.4, -0.2) is 15.9 Å². The molecule has 0 aliphatic heterocycles. The smallest absolute Gasteiger partial charge is 0.349 e. The highest BCUT2D eigenvalue weighted by Gasteiger charge is 2.35. The van der Waals surface area contributed by atoms with E-state index < -0.39 is 12.0 Å². The molecule has 14 heavy (non-hydrogen) atoms. The molecule has 0 aliphatic rings. The zero-order valence-electron chi connectivity index (χ0n) is 7.14. The molecule has 1 rings (SSSR count). The number of hydrogen-bond acceptors (Lipinski definition) is 4. The molecule has 0 aliphatic carbocycles. The summed E-state index contributed by atoms with van der Waals surface area (Å²) < 4.78 is 39.2. The van der Waals surface area contributed by atoms with Crippen molar-refractivity contribution in [2.45, 2.75) is 13.1 Å². The molecule has 0 saturated heterocycles. The SMILES string of the molecule is CC#CCNc1nc(C(F)(F)F)ns1. The third-order valence-corrected chi connectivity index (χ3v) is 1.86. The van der Waals surface area contributed by atoms with E-state index >= 15 is 0 Å². The number of anilines is 1. The van der Waals surface area contributed by atoms with Crippen molar-refractivity contribution >= 4 is 16.7 Å². The maximum Gasteiger partial charge on any atom is 0.452 e. The van der Waals surface area contributed by atoms with Crippen molar-refractivity contribution in [2.75, 3.05) is 11.9 Å². The Labute approximate surface area is 82.5 Å². The molecule has 3 nitrogen and oxygen atoms in total. The van der Waals surface area contributed by atoms with E-state index in [1.165, 1.54) is 0 Å². The second kappa shape index (κ2) is 4.28. The number of hydrogen-bond donors (Lipinski definition) is 1. The number of alkyl halides is 3. The van der Waals surface area contributed by atoms with Gasteiger partial charge in [-0.3, -0.25) is 0 Å². The van der Waals surface area contributed by atoms with E-state index in [0.29, 0.717) is 11.5 Å². The van der Waals surface area contributed by atoms with Gasteiger partial charge in [0.05, 0.1) is 6.54 Å². The van der Waals surface area contributed by atoms with Gasteiger partial charge in [0.1, 0.15) is 0 Å². The first-order chi connectivity index (χ1) is 6.54. The Morgan fingerprint density at radius 1 is 1.50 bits per heavy atom. The van der Waals surface area contributed by atoms with Crippen LogP contribution in [0.3, 0.4) is 0 Å². The van der Waals surface area contributed by atoms with Crippen molar-refractivity contribution in [2.24, 2.45) is 0 Å². The quantitative estimate of drug-likeness (QED) is 0.776. The molecule has 1 heterocycles. The summed E-state index contributed by atoms with van der Waals surface area (Å²) >= 11 is 0.667. The second-order valence-electron chi connectivity index (χ2n) is 2.20. The Kier molecular flexibility index (Phi) is 3.30. The van der Waals surface area contributed by atoms with E-state index in [1.807, 2.05) is 0 Å². The average molecular weight is 221 g/mol. The number of nitrogens with zero attached hydrogens (tertiary/aromatic N) is 2. The van der Waals surface area contributed by atoms with Crippen LogP contribution < -0.4 is 5.32 Å². The summed E-state index contributed by atoms with van der Waals surface area (Å²) in [6.07, 6.45) is -4.48. The lowest BCUT2D eigenvalue weighted by Gasteiger charge is -1.98. The van der Waals surface area contributed by atoms with Crippen molar-refractivity contribution in [3.8, 4) is 11.8 Å². The molecular weight excluding hydrogens is 215 g/mol. The normalized spacial score (nSPS) is 10.6. The van der Waals surface area contributed by atoms with Crippen molar-refractivity contribution in [1.29, 1.82) is 0 Å². The van der Waals surface area contributed by atoms with Gasteiger partial charge in [-0.15, -0.1) is 5.92 Å². The van der Waals surface area contributed by atoms with Crippen LogP contribution in [0.1, 0.15) is 12.7 Å². The standard InChI is InChI=1S/C7H6F3N3S/c1-2-3-4-11-6-12-5(13-14-6)7(8,9)10/h4H2,1H3,(H,11,12,13). The molecule has 7 heteroatoms. The monoisotopic (exact) mass is 221 g/mol. The molecule has 0 fully saturated rings. The Hall–Kier alpha value is -1.29. The van der Waals surface area contributed by atoms with Gasteiger partial charge in [0.2, 0.25) is 11.0 Å². The van der Waals surface area contributed by atoms with E-state index in [9.17, 15) is 13.2 Å². The van der Waals surface area contributed by atoms with Gasteiger partial charge in [-0.2, -0.15) is 22.5 Å². The van der Waals surface area contributed by atoms with E-state index in [-0.39, 0.29) is 11.7 Å². The zero-order chi connectivity index (χ0) is 10.6. The van der Waals surface area contributed by atoms with Gasteiger partial charge in [-0.1, -0.05) is 5.92 Å². The molecule has 0 atom stereocenters. The Morgan fingerprint density at radius 2 is 2.21 bits per heavy atom. The fourth-order valence-corrected chi connectivity index (χ4v) is 1.20. The summed E-state index contributed by atoms with van der Waals surface area (Å²) in [5, 5.41) is 2.73. The van der Waals surface area contributed by atoms with Crippen molar-refractivity contribution in [3.05, 3.63) is 5.82 Å². The number of nitrogens with one attached hydrogen (secondary N) is 1. The van der Waals surface area contributed by atoms with Crippen LogP contribution in [0.15, 0.2) is 0 Å². The molecular formula is C7H6F3N3S. The number of aromatic nitrogens is 2. The molecule has 0 bridgehead atoms. The lowest BCUT2D eigenvalue weighted by Crippen LogP contribution is -2.07. The Morgan fingerprint density at radius 3 is 2.71 bits per heavy atom. The minimum atomic E-state index is -4.48. The summed E-state index contributed by atoms with van der Waals surface area (Å²) in [5.41, 5.74) is 0. The minimum absolute atomic E-state index is 0.125. The van der Waals surface area contributed by atoms with Crippen LogP contribution in [0.5, 0.6) is 0 Å². The third kappa shape index (κ3) is 2.88. The van der Waals surface area contributed by atoms with Gasteiger partial charge in [0.15, 0.2) is 0 Å². The summed E-state index contributed by atoms with van der Waals surface area (Å²) in [4.78, 5) is 3.26. The molecule has 0 radical (unpaired) electrons. The van der Waals surface area contributed by atoms with Gasteiger partial charge in [-0.25, -0.2) is 0 Å². The molecule has 76 valence electrons. The maximum absolute atomic E-state index is 12.0. The van der Waals surface area contributed by atoms with Crippen LogP contribution in [0, 0.1) is 11.8 Å². The number of halogens is 3. The highest BCUT2D eigenvalue weighted by Crippen LogP contribution is 2.28. The molecule has 0 spiro atoms. The van der Waals surface area contributed by atoms with Crippen LogP contribution in [0.4, 0.5) is 18.3 Å². The van der Waals surface area contributed by atoms with Crippen molar-refractivity contribution < 1.29 is 13.2 Å². The molecule has 0 amide bonds. The van der Waals surface area contributed by atoms with Crippen LogP contribution >= 0.6 is 11.5 Å². The minimum Gasteiger partial charge on any atom is -0.349 e. The van der Waals surface area contributed by atoms with E-state index in [2.05, 4.69) is 26.5 Å². The van der Waals surface area contributed by atoms with E-state index in [4.69, 9.17) is 0 Å². The zero-order valence-corrected chi connectivity index (χ0v) is 7.96. The van der Waals surface area contributed by atoms with E-state index in [0.717, 1.165) is 0 Å². The molecule has 0 saturated carbocycles. The van der Waals surface area contributed by atoms with Crippen LogP contribution in [0.2, 0.25) is 0 Å². The van der Waals surface area contributed by atoms with Crippen LogP contribution in [0.25, 0.3) is 0 Å². The highest BCUT2D eigenvalue weighted by atomic mass is 32.1. The molecule has 0 unspecified atom stereocenters. The van der Waals surface area contributed by atoms with Gasteiger partial charge in [-0.05, 0) is 6.92 Å². The second-order valence-corrected chi connectivity index (χ2v) is 2.95. The predicted molar refractivity (Wildman–Crippen MR) is 46.9 cm³/mol. The highest BCUT2D eigenvalue weighted by molar-refractivity contribution is 7.09. The van der Waals surface area contributed by atoms with E-state index in [1.54, 1.807) is 6.92 Å². The molecule has 0 aromatic carbocycles. The predicted octanol–water partition coefficient (Wildman–Crippen LogP) is 1.99. The van der Waals surface area contributed by atoms with Gasteiger partial charge < -0.3 is 5.32 Å². The fourth-order valence-electron chi connectivity index (χ4n) is 0.619. The van der Waals surface area contributed by atoms with Crippen molar-refractivity contribution in [1.82, 2.24) is 9.36 Å². The first-order valence-electron chi connectivity index (χ1n) is 3.58. The summed E-state index contributed by atoms with van der Waals surface area (Å²) in [7, 11) is 0. The fraction of sp³-hybridized carbons (Fsp3) is 0.429. The topological polar surface area (TPSA) is 37.8 Å². The van der Waals surface area contributed by atoms with Crippen molar-refractivity contribution in [3.63, 3.8) is 0 Å². The summed E-state index contributed by atoms with van der Waals surface area (Å²) in [5.74, 6) is 4.12. The molecule has 1 aromatic rings. The van der Waals surface area contributed by atoms with Gasteiger partial charge >= 0.3 is 6.18 Å².